The molecule has 2 aliphatic rings. The Morgan fingerprint density at radius 3 is 2.83 bits per heavy atom. The summed E-state index contributed by atoms with van der Waals surface area (Å²) < 4.78 is 14.2. The van der Waals surface area contributed by atoms with Gasteiger partial charge in [-0.15, -0.1) is 0 Å². The van der Waals surface area contributed by atoms with Gasteiger partial charge in [0.2, 0.25) is 0 Å². The van der Waals surface area contributed by atoms with Crippen molar-refractivity contribution in [2.24, 2.45) is 11.7 Å². The van der Waals surface area contributed by atoms with E-state index in [1.54, 1.807) is 6.07 Å². The summed E-state index contributed by atoms with van der Waals surface area (Å²) in [6.45, 7) is 1.41. The summed E-state index contributed by atoms with van der Waals surface area (Å²) in [7, 11) is 0. The van der Waals surface area contributed by atoms with Crippen LogP contribution in [0.1, 0.15) is 37.7 Å². The summed E-state index contributed by atoms with van der Waals surface area (Å²) in [6.07, 6.45) is 6.36. The van der Waals surface area contributed by atoms with Crippen molar-refractivity contribution in [2.75, 3.05) is 11.4 Å². The van der Waals surface area contributed by atoms with E-state index in [9.17, 15) is 4.39 Å². The van der Waals surface area contributed by atoms with Gasteiger partial charge in [-0.3, -0.25) is 0 Å². The number of nitrogens with zero attached hydrogens (tertiary/aromatic N) is 1. The van der Waals surface area contributed by atoms with Gasteiger partial charge in [-0.2, -0.15) is 0 Å². The molecule has 18 heavy (non-hydrogen) atoms. The molecule has 1 saturated carbocycles. The molecule has 3 rings (SSSR count). The maximum atomic E-state index is 14.2. The minimum Gasteiger partial charge on any atom is -0.366 e. The molecule has 0 spiro atoms. The van der Waals surface area contributed by atoms with Gasteiger partial charge >= 0.3 is 0 Å². The second-order valence-corrected chi connectivity index (χ2v) is 5.58. The van der Waals surface area contributed by atoms with Crippen LogP contribution in [0.2, 0.25) is 0 Å². The molecule has 98 valence electrons. The molecular formula is C15H21FN2. The van der Waals surface area contributed by atoms with E-state index in [1.165, 1.54) is 32.1 Å². The van der Waals surface area contributed by atoms with Gasteiger partial charge in [0.15, 0.2) is 0 Å². The van der Waals surface area contributed by atoms with Crippen LogP contribution < -0.4 is 10.6 Å². The van der Waals surface area contributed by atoms with Crippen LogP contribution in [0.25, 0.3) is 0 Å². The van der Waals surface area contributed by atoms with E-state index in [0.717, 1.165) is 23.7 Å². The molecule has 2 N–H and O–H groups in total. The number of benzene rings is 1. The van der Waals surface area contributed by atoms with Crippen LogP contribution in [0.4, 0.5) is 10.1 Å². The first kappa shape index (κ1) is 12.0. The Morgan fingerprint density at radius 1 is 1.22 bits per heavy atom. The molecular weight excluding hydrogens is 227 g/mol. The second kappa shape index (κ2) is 4.88. The van der Waals surface area contributed by atoms with Crippen molar-refractivity contribution >= 4 is 5.69 Å². The third-order valence-electron chi connectivity index (χ3n) is 4.55. The number of halogens is 1. The van der Waals surface area contributed by atoms with Crippen molar-refractivity contribution in [2.45, 2.75) is 44.7 Å². The summed E-state index contributed by atoms with van der Waals surface area (Å²) in [5.41, 5.74) is 7.21. The minimum absolute atomic E-state index is 0.106. The number of anilines is 1. The Hall–Kier alpha value is -1.09. The van der Waals surface area contributed by atoms with Gasteiger partial charge in [-0.25, -0.2) is 4.39 Å². The van der Waals surface area contributed by atoms with Crippen LogP contribution in [0, 0.1) is 11.7 Å². The van der Waals surface area contributed by atoms with Crippen LogP contribution >= 0.6 is 0 Å². The van der Waals surface area contributed by atoms with Crippen LogP contribution in [-0.2, 0) is 6.54 Å². The highest BCUT2D eigenvalue weighted by molar-refractivity contribution is 5.51. The largest absolute Gasteiger partial charge is 0.366 e. The summed E-state index contributed by atoms with van der Waals surface area (Å²) >= 11 is 0. The smallest absolute Gasteiger partial charge is 0.146 e. The number of fused-ring (bicyclic) bond motifs is 1. The Morgan fingerprint density at radius 2 is 2.06 bits per heavy atom. The topological polar surface area (TPSA) is 29.3 Å². The first-order chi connectivity index (χ1) is 8.79. The lowest BCUT2D eigenvalue weighted by atomic mass is 9.91. The molecule has 1 aromatic rings. The molecule has 2 fully saturated rings. The number of hydrogen-bond acceptors (Lipinski definition) is 2. The average molecular weight is 248 g/mol. The van der Waals surface area contributed by atoms with Gasteiger partial charge in [-0.1, -0.05) is 12.5 Å². The Labute approximate surface area is 108 Å². The zero-order valence-electron chi connectivity index (χ0n) is 10.7. The highest BCUT2D eigenvalue weighted by Gasteiger charge is 2.35. The second-order valence-electron chi connectivity index (χ2n) is 5.58. The first-order valence-corrected chi connectivity index (χ1v) is 7.04. The van der Waals surface area contributed by atoms with Crippen LogP contribution in [0.15, 0.2) is 18.2 Å². The van der Waals surface area contributed by atoms with E-state index in [0.29, 0.717) is 12.6 Å². The molecule has 2 unspecified atom stereocenters. The highest BCUT2D eigenvalue weighted by Crippen LogP contribution is 2.39. The summed E-state index contributed by atoms with van der Waals surface area (Å²) in [6, 6.07) is 6.03. The van der Waals surface area contributed by atoms with Crippen LogP contribution in [-0.4, -0.2) is 12.6 Å². The van der Waals surface area contributed by atoms with Crippen molar-refractivity contribution in [3.8, 4) is 0 Å². The van der Waals surface area contributed by atoms with Crippen molar-refractivity contribution < 1.29 is 4.39 Å². The molecule has 2 nitrogen and oxygen atoms in total. The van der Waals surface area contributed by atoms with Crippen LogP contribution in [0.3, 0.4) is 0 Å². The average Bonchev–Trinajstić information content (AvgIpc) is 2.87. The molecule has 1 aliphatic carbocycles. The number of nitrogens with two attached hydrogens (primary N) is 1. The fraction of sp³-hybridized carbons (Fsp3) is 0.600. The lowest BCUT2D eigenvalue weighted by molar-refractivity contribution is 0.359. The molecule has 0 radical (unpaired) electrons. The predicted octanol–water partition coefficient (Wildman–Crippen LogP) is 3.05. The number of piperidine rings is 1. The van der Waals surface area contributed by atoms with E-state index in [4.69, 9.17) is 5.73 Å². The monoisotopic (exact) mass is 248 g/mol. The third kappa shape index (κ3) is 2.01. The quantitative estimate of drug-likeness (QED) is 0.871. The molecule has 1 heterocycles. The van der Waals surface area contributed by atoms with Crippen molar-refractivity contribution in [3.63, 3.8) is 0 Å². The lowest BCUT2D eigenvalue weighted by Crippen LogP contribution is -2.43. The Bertz CT molecular complexity index is 433. The molecule has 1 saturated heterocycles. The highest BCUT2D eigenvalue weighted by atomic mass is 19.1. The van der Waals surface area contributed by atoms with Crippen LogP contribution in [0.5, 0.6) is 0 Å². The fourth-order valence-corrected chi connectivity index (χ4v) is 3.66. The summed E-state index contributed by atoms with van der Waals surface area (Å²) in [4.78, 5) is 2.30. The molecule has 2 atom stereocenters. The van der Waals surface area contributed by atoms with E-state index in [-0.39, 0.29) is 5.82 Å². The maximum Gasteiger partial charge on any atom is 0.146 e. The van der Waals surface area contributed by atoms with Gasteiger partial charge < -0.3 is 10.6 Å². The zero-order chi connectivity index (χ0) is 12.5. The predicted molar refractivity (Wildman–Crippen MR) is 72.0 cm³/mol. The molecule has 0 amide bonds. The Balaban J connectivity index is 1.89. The molecule has 0 aromatic heterocycles. The summed E-state index contributed by atoms with van der Waals surface area (Å²) in [5.74, 6) is 0.679. The van der Waals surface area contributed by atoms with Gasteiger partial charge in [0.25, 0.3) is 0 Å². The van der Waals surface area contributed by atoms with Gasteiger partial charge in [0.1, 0.15) is 5.82 Å². The normalized spacial score (nSPS) is 27.3. The third-order valence-corrected chi connectivity index (χ3v) is 4.55. The van der Waals surface area contributed by atoms with Crippen molar-refractivity contribution in [3.05, 3.63) is 29.6 Å². The van der Waals surface area contributed by atoms with Gasteiger partial charge in [-0.05, 0) is 49.3 Å². The molecule has 1 aromatic carbocycles. The minimum atomic E-state index is -0.106. The molecule has 1 aliphatic heterocycles. The van der Waals surface area contributed by atoms with E-state index >= 15 is 0 Å². The van der Waals surface area contributed by atoms with Gasteiger partial charge in [0, 0.05) is 19.1 Å². The fourth-order valence-electron chi connectivity index (χ4n) is 3.66. The van der Waals surface area contributed by atoms with Crippen molar-refractivity contribution in [1.29, 1.82) is 0 Å². The SMILES string of the molecule is NCc1ccc(N2CCCC3CCCC32)c(F)c1. The number of hydrogen-bond donors (Lipinski definition) is 1. The summed E-state index contributed by atoms with van der Waals surface area (Å²) in [5, 5.41) is 0. The zero-order valence-corrected chi connectivity index (χ0v) is 10.7. The van der Waals surface area contributed by atoms with Gasteiger partial charge in [0.05, 0.1) is 5.69 Å². The molecule has 3 heteroatoms. The Kier molecular flexibility index (Phi) is 3.25. The van der Waals surface area contributed by atoms with E-state index in [1.807, 2.05) is 12.1 Å². The van der Waals surface area contributed by atoms with E-state index in [2.05, 4.69) is 4.90 Å². The number of rotatable bonds is 2. The van der Waals surface area contributed by atoms with E-state index < -0.39 is 0 Å². The van der Waals surface area contributed by atoms with Crippen molar-refractivity contribution in [1.82, 2.24) is 0 Å². The first-order valence-electron chi connectivity index (χ1n) is 7.04. The maximum absolute atomic E-state index is 14.2. The standard InChI is InChI=1S/C15H21FN2/c16-13-9-11(10-17)6-7-15(13)18-8-2-4-12-3-1-5-14(12)18/h6-7,9,12,14H,1-5,8,10,17H2. The lowest BCUT2D eigenvalue weighted by Gasteiger charge is -2.39. The molecule has 0 bridgehead atoms.